The fourth-order valence-electron chi connectivity index (χ4n) is 5.59. The van der Waals surface area contributed by atoms with Crippen LogP contribution in [0.2, 0.25) is 0 Å². The molecule has 0 N–H and O–H groups in total. The van der Waals surface area contributed by atoms with Crippen LogP contribution in [-0.2, 0) is 0 Å². The van der Waals surface area contributed by atoms with Crippen molar-refractivity contribution >= 4 is 21.8 Å². The number of rotatable bonds is 5. The minimum Gasteiger partial charge on any atom is -0.264 e. The Morgan fingerprint density at radius 1 is 0.341 bits per heavy atom. The molecule has 0 aliphatic rings. The molecule has 5 heteroatoms. The van der Waals surface area contributed by atoms with Gasteiger partial charge in [0.1, 0.15) is 0 Å². The smallest absolute Gasteiger partial charge is 0.0893 e. The highest BCUT2D eigenvalue weighted by Crippen LogP contribution is 2.33. The summed E-state index contributed by atoms with van der Waals surface area (Å²) in [6, 6.07) is 41.7. The van der Waals surface area contributed by atoms with Crippen LogP contribution in [0, 0.1) is 0 Å². The van der Waals surface area contributed by atoms with Gasteiger partial charge in [-0.2, -0.15) is 0 Å². The second-order valence-corrected chi connectivity index (χ2v) is 10.7. The maximum Gasteiger partial charge on any atom is 0.0893 e. The van der Waals surface area contributed by atoms with E-state index in [1.165, 1.54) is 0 Å². The first-order chi connectivity index (χ1) is 21.8. The number of hydrogen-bond donors (Lipinski definition) is 0. The average Bonchev–Trinajstić information content (AvgIpc) is 3.11. The Bertz CT molecular complexity index is 2210. The molecule has 0 bridgehead atoms. The molecule has 0 radical (unpaired) electrons. The van der Waals surface area contributed by atoms with Gasteiger partial charge < -0.3 is 0 Å². The van der Waals surface area contributed by atoms with Crippen molar-refractivity contribution in [3.05, 3.63) is 152 Å². The van der Waals surface area contributed by atoms with E-state index in [9.17, 15) is 0 Å². The van der Waals surface area contributed by atoms with E-state index < -0.39 is 0 Å². The molecule has 0 unspecified atom stereocenters. The lowest BCUT2D eigenvalue weighted by Crippen LogP contribution is -1.91. The van der Waals surface area contributed by atoms with E-state index in [1.807, 2.05) is 48.8 Å². The van der Waals surface area contributed by atoms with Gasteiger partial charge in [-0.05, 0) is 89.0 Å². The molecule has 0 saturated heterocycles. The molecule has 0 fully saturated rings. The van der Waals surface area contributed by atoms with Crippen LogP contribution in [0.25, 0.3) is 77.8 Å². The molecule has 0 spiro atoms. The zero-order chi connectivity index (χ0) is 29.3. The Hall–Kier alpha value is -6.07. The van der Waals surface area contributed by atoms with Crippen molar-refractivity contribution < 1.29 is 0 Å². The molecule has 5 heterocycles. The van der Waals surface area contributed by atoms with Gasteiger partial charge in [0.15, 0.2) is 0 Å². The fraction of sp³-hybridized carbons (Fsp3) is 0. The lowest BCUT2D eigenvalue weighted by molar-refractivity contribution is 1.28. The summed E-state index contributed by atoms with van der Waals surface area (Å²) < 4.78 is 0. The summed E-state index contributed by atoms with van der Waals surface area (Å²) in [5, 5.41) is 2.18. The predicted molar refractivity (Wildman–Crippen MR) is 178 cm³/mol. The van der Waals surface area contributed by atoms with Gasteiger partial charge in [0.25, 0.3) is 0 Å². The monoisotopic (exact) mass is 563 g/mol. The van der Waals surface area contributed by atoms with Crippen molar-refractivity contribution in [3.8, 4) is 56.0 Å². The van der Waals surface area contributed by atoms with E-state index in [4.69, 9.17) is 9.97 Å². The maximum atomic E-state index is 5.16. The lowest BCUT2D eigenvalue weighted by Gasteiger charge is -2.11. The predicted octanol–water partition coefficient (Wildman–Crippen LogP) is 9.30. The van der Waals surface area contributed by atoms with Crippen LogP contribution < -0.4 is 0 Å². The van der Waals surface area contributed by atoms with E-state index in [1.54, 1.807) is 18.6 Å². The molecule has 0 atom stereocenters. The summed E-state index contributed by atoms with van der Waals surface area (Å²) in [5.41, 5.74) is 12.0. The lowest BCUT2D eigenvalue weighted by atomic mass is 9.96. The Balaban J connectivity index is 1.21. The van der Waals surface area contributed by atoms with Crippen molar-refractivity contribution in [3.63, 3.8) is 0 Å². The first kappa shape index (κ1) is 25.6. The normalized spacial score (nSPS) is 11.2. The topological polar surface area (TPSA) is 64.5 Å². The summed E-state index contributed by atoms with van der Waals surface area (Å²) in [7, 11) is 0. The number of aromatic nitrogens is 5. The fourth-order valence-corrected chi connectivity index (χ4v) is 5.59. The summed E-state index contributed by atoms with van der Waals surface area (Å²) >= 11 is 0. The van der Waals surface area contributed by atoms with Crippen LogP contribution >= 0.6 is 0 Å². The molecule has 44 heavy (non-hydrogen) atoms. The second-order valence-electron chi connectivity index (χ2n) is 10.7. The zero-order valence-electron chi connectivity index (χ0n) is 23.7. The molecular weight excluding hydrogens is 538 g/mol. The molecular formula is C39H25N5. The molecule has 0 saturated carbocycles. The standard InChI is InChI=1S/C39H25N5/c1-2-18-42-36(7-1)37-15-13-27-9-11-29(23-39(27)44-37)28-10-8-26-12-14-35(43-38(26)22-28)34-20-32(30-5-3-16-40-24-30)19-33(21-34)31-6-4-17-41-25-31/h1-25H. The highest BCUT2D eigenvalue weighted by molar-refractivity contribution is 5.90. The number of pyridine rings is 5. The molecule has 5 aromatic heterocycles. The van der Waals surface area contributed by atoms with E-state index in [2.05, 4.69) is 99.9 Å². The first-order valence-corrected chi connectivity index (χ1v) is 14.5. The van der Waals surface area contributed by atoms with Crippen LogP contribution in [-0.4, -0.2) is 24.9 Å². The van der Waals surface area contributed by atoms with Crippen molar-refractivity contribution in [2.24, 2.45) is 0 Å². The number of fused-ring (bicyclic) bond motifs is 2. The van der Waals surface area contributed by atoms with E-state index in [0.29, 0.717) is 0 Å². The van der Waals surface area contributed by atoms with Gasteiger partial charge in [-0.1, -0.05) is 54.6 Å². The van der Waals surface area contributed by atoms with Gasteiger partial charge in [0, 0.05) is 58.4 Å². The summed E-state index contributed by atoms with van der Waals surface area (Å²) in [4.78, 5) is 23.3. The number of hydrogen-bond acceptors (Lipinski definition) is 5. The Kier molecular flexibility index (Phi) is 6.39. The zero-order valence-corrected chi connectivity index (χ0v) is 23.7. The molecule has 206 valence electrons. The largest absolute Gasteiger partial charge is 0.264 e. The minimum atomic E-state index is 0.860. The molecule has 8 aromatic rings. The van der Waals surface area contributed by atoms with Crippen molar-refractivity contribution in [1.29, 1.82) is 0 Å². The second kappa shape index (κ2) is 11.0. The third-order valence-corrected chi connectivity index (χ3v) is 7.86. The summed E-state index contributed by atoms with van der Waals surface area (Å²) in [6.07, 6.45) is 9.17. The first-order valence-electron chi connectivity index (χ1n) is 14.5. The Morgan fingerprint density at radius 2 is 0.909 bits per heavy atom. The highest BCUT2D eigenvalue weighted by atomic mass is 14.8. The molecule has 0 amide bonds. The van der Waals surface area contributed by atoms with Crippen LogP contribution in [0.1, 0.15) is 0 Å². The van der Waals surface area contributed by atoms with Crippen LogP contribution in [0.5, 0.6) is 0 Å². The maximum absolute atomic E-state index is 5.16. The third kappa shape index (κ3) is 4.97. The number of nitrogens with zero attached hydrogens (tertiary/aromatic N) is 5. The molecule has 5 nitrogen and oxygen atoms in total. The van der Waals surface area contributed by atoms with Gasteiger partial charge >= 0.3 is 0 Å². The molecule has 0 aliphatic heterocycles. The van der Waals surface area contributed by atoms with Crippen molar-refractivity contribution in [1.82, 2.24) is 24.9 Å². The van der Waals surface area contributed by atoms with Gasteiger partial charge in [0.05, 0.1) is 28.1 Å². The van der Waals surface area contributed by atoms with E-state index in [-0.39, 0.29) is 0 Å². The van der Waals surface area contributed by atoms with Gasteiger partial charge in [-0.3, -0.25) is 15.0 Å². The average molecular weight is 564 g/mol. The summed E-state index contributed by atoms with van der Waals surface area (Å²) in [5.74, 6) is 0. The molecule has 8 rings (SSSR count). The summed E-state index contributed by atoms with van der Waals surface area (Å²) in [6.45, 7) is 0. The minimum absolute atomic E-state index is 0.860. The van der Waals surface area contributed by atoms with Gasteiger partial charge in [-0.25, -0.2) is 9.97 Å². The Labute approximate surface area is 254 Å². The van der Waals surface area contributed by atoms with E-state index >= 15 is 0 Å². The van der Waals surface area contributed by atoms with Crippen LogP contribution in [0.15, 0.2) is 152 Å². The van der Waals surface area contributed by atoms with Gasteiger partial charge in [-0.15, -0.1) is 0 Å². The highest BCUT2D eigenvalue weighted by Gasteiger charge is 2.11. The SMILES string of the molecule is c1ccc(-c2ccc3ccc(-c4ccc5ccc(-c6cc(-c7cccnc7)cc(-c7cccnc7)c6)nc5c4)cc3n2)nc1. The molecule has 3 aromatic carbocycles. The van der Waals surface area contributed by atoms with Crippen LogP contribution in [0.4, 0.5) is 0 Å². The van der Waals surface area contributed by atoms with Crippen LogP contribution in [0.3, 0.4) is 0 Å². The third-order valence-electron chi connectivity index (χ3n) is 7.86. The molecule has 0 aliphatic carbocycles. The quantitative estimate of drug-likeness (QED) is 0.209. The van der Waals surface area contributed by atoms with E-state index in [0.717, 1.165) is 77.8 Å². The van der Waals surface area contributed by atoms with Crippen molar-refractivity contribution in [2.45, 2.75) is 0 Å². The number of benzene rings is 3. The van der Waals surface area contributed by atoms with Gasteiger partial charge in [0.2, 0.25) is 0 Å². The Morgan fingerprint density at radius 3 is 1.48 bits per heavy atom. The van der Waals surface area contributed by atoms with Crippen molar-refractivity contribution in [2.75, 3.05) is 0 Å².